The van der Waals surface area contributed by atoms with E-state index in [1.54, 1.807) is 17.4 Å². The van der Waals surface area contributed by atoms with Gasteiger partial charge in [-0.15, -0.1) is 11.3 Å². The summed E-state index contributed by atoms with van der Waals surface area (Å²) in [5.74, 6) is -0.144. The molecule has 0 aliphatic carbocycles. The average molecular weight is 306 g/mol. The molecule has 0 unspecified atom stereocenters. The van der Waals surface area contributed by atoms with Crippen LogP contribution in [-0.4, -0.2) is 11.5 Å². The van der Waals surface area contributed by atoms with E-state index in [4.69, 9.17) is 4.98 Å². The van der Waals surface area contributed by atoms with Crippen molar-refractivity contribution in [3.8, 4) is 0 Å². The molecule has 1 aromatic carbocycles. The van der Waals surface area contributed by atoms with E-state index in [0.717, 1.165) is 34.8 Å². The van der Waals surface area contributed by atoms with Gasteiger partial charge in [-0.1, -0.05) is 39.8 Å². The zero-order valence-electron chi connectivity index (χ0n) is 13.2. The first kappa shape index (κ1) is 16.1. The zero-order valence-corrected chi connectivity index (χ0v) is 14.0. The van der Waals surface area contributed by atoms with Crippen LogP contribution in [0.25, 0.3) is 0 Å². The summed E-state index contributed by atoms with van der Waals surface area (Å²) < 4.78 is 13.7. The van der Waals surface area contributed by atoms with Crippen molar-refractivity contribution in [3.63, 3.8) is 0 Å². The lowest BCUT2D eigenvalue weighted by Crippen LogP contribution is -2.13. The minimum absolute atomic E-state index is 0.0771. The Morgan fingerprint density at radius 2 is 2.05 bits per heavy atom. The van der Waals surface area contributed by atoms with Gasteiger partial charge in [0.15, 0.2) is 0 Å². The molecule has 0 spiro atoms. The topological polar surface area (TPSA) is 24.9 Å². The summed E-state index contributed by atoms with van der Waals surface area (Å²) in [6, 6.07) is 5.35. The van der Waals surface area contributed by atoms with Crippen LogP contribution in [-0.2, 0) is 18.4 Å². The highest BCUT2D eigenvalue weighted by Crippen LogP contribution is 2.25. The maximum atomic E-state index is 13.7. The molecule has 0 aliphatic rings. The van der Waals surface area contributed by atoms with E-state index in [-0.39, 0.29) is 11.2 Å². The van der Waals surface area contributed by atoms with Crippen LogP contribution in [0.3, 0.4) is 0 Å². The number of hydrogen-bond donors (Lipinski definition) is 1. The molecule has 0 aliphatic heterocycles. The molecule has 1 aromatic heterocycles. The van der Waals surface area contributed by atoms with Crippen molar-refractivity contribution in [1.29, 1.82) is 0 Å². The van der Waals surface area contributed by atoms with Gasteiger partial charge in [0, 0.05) is 29.3 Å². The number of benzene rings is 1. The Morgan fingerprint density at radius 3 is 2.67 bits per heavy atom. The standard InChI is InChI=1S/C17H23FN2S/c1-5-19-10-13-8-12(6-7-14(13)18)9-16-20-15(11-21-16)17(2,3)4/h6-8,11,19H,5,9-10H2,1-4H3. The fourth-order valence-corrected chi connectivity index (χ4v) is 3.10. The molecule has 0 radical (unpaired) electrons. The van der Waals surface area contributed by atoms with Gasteiger partial charge in [-0.3, -0.25) is 0 Å². The number of hydrogen-bond acceptors (Lipinski definition) is 3. The molecule has 0 fully saturated rings. The fraction of sp³-hybridized carbons (Fsp3) is 0.471. The monoisotopic (exact) mass is 306 g/mol. The number of aromatic nitrogens is 1. The third-order valence-corrected chi connectivity index (χ3v) is 4.20. The van der Waals surface area contributed by atoms with Crippen LogP contribution in [0.5, 0.6) is 0 Å². The number of nitrogens with one attached hydrogen (secondary N) is 1. The maximum absolute atomic E-state index is 13.7. The van der Waals surface area contributed by atoms with E-state index < -0.39 is 0 Å². The van der Waals surface area contributed by atoms with E-state index in [2.05, 4.69) is 31.5 Å². The van der Waals surface area contributed by atoms with Gasteiger partial charge in [0.2, 0.25) is 0 Å². The van der Waals surface area contributed by atoms with Gasteiger partial charge in [0.25, 0.3) is 0 Å². The van der Waals surface area contributed by atoms with Crippen LogP contribution in [0.1, 0.15) is 49.5 Å². The van der Waals surface area contributed by atoms with E-state index in [9.17, 15) is 4.39 Å². The minimum Gasteiger partial charge on any atom is -0.313 e. The van der Waals surface area contributed by atoms with Crippen LogP contribution in [0.4, 0.5) is 4.39 Å². The SMILES string of the molecule is CCNCc1cc(Cc2nc(C(C)(C)C)cs2)ccc1F. The molecule has 0 saturated carbocycles. The Balaban J connectivity index is 2.14. The highest BCUT2D eigenvalue weighted by molar-refractivity contribution is 7.09. The Bertz CT molecular complexity index is 599. The van der Waals surface area contributed by atoms with Gasteiger partial charge in [-0.2, -0.15) is 0 Å². The van der Waals surface area contributed by atoms with E-state index in [1.165, 1.54) is 0 Å². The van der Waals surface area contributed by atoms with E-state index >= 15 is 0 Å². The summed E-state index contributed by atoms with van der Waals surface area (Å²) in [4.78, 5) is 4.70. The Morgan fingerprint density at radius 1 is 1.29 bits per heavy atom. The predicted octanol–water partition coefficient (Wildman–Crippen LogP) is 4.28. The third kappa shape index (κ3) is 4.35. The van der Waals surface area contributed by atoms with Crippen molar-refractivity contribution in [3.05, 3.63) is 51.2 Å². The number of rotatable bonds is 5. The minimum atomic E-state index is -0.144. The smallest absolute Gasteiger partial charge is 0.127 e. The predicted molar refractivity (Wildman–Crippen MR) is 87.4 cm³/mol. The number of nitrogens with zero attached hydrogens (tertiary/aromatic N) is 1. The second-order valence-corrected chi connectivity index (χ2v) is 7.20. The highest BCUT2D eigenvalue weighted by Gasteiger charge is 2.17. The van der Waals surface area contributed by atoms with Crippen molar-refractivity contribution in [2.45, 2.75) is 46.1 Å². The Kier molecular flexibility index (Phi) is 5.12. The average Bonchev–Trinajstić information content (AvgIpc) is 2.88. The molecule has 0 atom stereocenters. The van der Waals surface area contributed by atoms with Crippen molar-refractivity contribution >= 4 is 11.3 Å². The quantitative estimate of drug-likeness (QED) is 0.892. The van der Waals surface area contributed by atoms with Gasteiger partial charge in [-0.25, -0.2) is 9.37 Å². The first-order valence-corrected chi connectivity index (χ1v) is 8.21. The molecule has 0 amide bonds. The molecule has 2 nitrogen and oxygen atoms in total. The number of thiazole rings is 1. The molecule has 1 heterocycles. The van der Waals surface area contributed by atoms with Gasteiger partial charge >= 0.3 is 0 Å². The van der Waals surface area contributed by atoms with E-state index in [0.29, 0.717) is 6.54 Å². The third-order valence-electron chi connectivity index (χ3n) is 3.35. The van der Waals surface area contributed by atoms with Crippen molar-refractivity contribution in [1.82, 2.24) is 10.3 Å². The lowest BCUT2D eigenvalue weighted by atomic mass is 9.93. The summed E-state index contributed by atoms with van der Waals surface area (Å²) in [5, 5.41) is 6.38. The molecule has 2 rings (SSSR count). The lowest BCUT2D eigenvalue weighted by Gasteiger charge is -2.14. The molecule has 114 valence electrons. The Labute approximate surface area is 130 Å². The van der Waals surface area contributed by atoms with Gasteiger partial charge in [0.1, 0.15) is 5.82 Å². The van der Waals surface area contributed by atoms with Gasteiger partial charge in [-0.05, 0) is 18.2 Å². The number of halogens is 1. The normalized spacial score (nSPS) is 11.9. The van der Waals surface area contributed by atoms with Crippen LogP contribution in [0.15, 0.2) is 23.6 Å². The lowest BCUT2D eigenvalue weighted by molar-refractivity contribution is 0.571. The van der Waals surface area contributed by atoms with Gasteiger partial charge < -0.3 is 5.32 Å². The molecule has 0 saturated heterocycles. The molecule has 1 N–H and O–H groups in total. The molecular formula is C17H23FN2S. The highest BCUT2D eigenvalue weighted by atomic mass is 32.1. The first-order chi connectivity index (χ1) is 9.90. The summed E-state index contributed by atoms with van der Waals surface area (Å²) in [5.41, 5.74) is 3.03. The summed E-state index contributed by atoms with van der Waals surface area (Å²) in [6.45, 7) is 9.92. The summed E-state index contributed by atoms with van der Waals surface area (Å²) in [7, 11) is 0. The van der Waals surface area contributed by atoms with E-state index in [1.807, 2.05) is 19.1 Å². The molecule has 4 heteroatoms. The van der Waals surface area contributed by atoms with Crippen molar-refractivity contribution in [2.24, 2.45) is 0 Å². The molecular weight excluding hydrogens is 283 g/mol. The first-order valence-electron chi connectivity index (χ1n) is 7.33. The zero-order chi connectivity index (χ0) is 15.5. The van der Waals surface area contributed by atoms with Gasteiger partial charge in [0.05, 0.1) is 10.7 Å². The maximum Gasteiger partial charge on any atom is 0.127 e. The molecule has 2 aromatic rings. The Hall–Kier alpha value is -1.26. The molecule has 0 bridgehead atoms. The van der Waals surface area contributed by atoms with Crippen LogP contribution >= 0.6 is 11.3 Å². The second-order valence-electron chi connectivity index (χ2n) is 6.26. The van der Waals surface area contributed by atoms with Crippen molar-refractivity contribution in [2.75, 3.05) is 6.54 Å². The summed E-state index contributed by atoms with van der Waals surface area (Å²) >= 11 is 1.68. The van der Waals surface area contributed by atoms with Crippen LogP contribution < -0.4 is 5.32 Å². The molecule has 21 heavy (non-hydrogen) atoms. The van der Waals surface area contributed by atoms with Crippen molar-refractivity contribution < 1.29 is 4.39 Å². The second kappa shape index (κ2) is 6.67. The van der Waals surface area contributed by atoms with Crippen LogP contribution in [0, 0.1) is 5.82 Å². The largest absolute Gasteiger partial charge is 0.313 e. The van der Waals surface area contributed by atoms with Crippen LogP contribution in [0.2, 0.25) is 0 Å². The fourth-order valence-electron chi connectivity index (χ4n) is 2.04. The summed E-state index contributed by atoms with van der Waals surface area (Å²) in [6.07, 6.45) is 0.764.